The standard InChI is InChI=1S/C14H19N3O3S/c18-10(11-8-15-4-6-20-11)9-17-5-3-16-14(19)13(17)12-2-1-7-21-12/h1-2,7,11,13,15H,3-6,8-9H2,(H,16,19). The van der Waals surface area contributed by atoms with Crippen LogP contribution in [-0.4, -0.2) is 62.0 Å². The Balaban J connectivity index is 1.69. The SMILES string of the molecule is O=C(CN1CCNC(=O)C1c1cccs1)C1CNCCO1. The minimum absolute atomic E-state index is 0.0285. The van der Waals surface area contributed by atoms with E-state index in [1.165, 1.54) is 0 Å². The zero-order valence-corrected chi connectivity index (χ0v) is 12.5. The molecule has 2 N–H and O–H groups in total. The minimum atomic E-state index is -0.396. The van der Waals surface area contributed by atoms with Gasteiger partial charge in [-0.05, 0) is 11.4 Å². The number of Topliss-reactive ketones (excluding diaryl/α,β-unsaturated/α-hetero) is 1. The highest BCUT2D eigenvalue weighted by atomic mass is 32.1. The summed E-state index contributed by atoms with van der Waals surface area (Å²) in [5, 5.41) is 7.98. The van der Waals surface area contributed by atoms with Gasteiger partial charge < -0.3 is 15.4 Å². The number of morpholine rings is 1. The number of thiophene rings is 1. The molecular weight excluding hydrogens is 290 g/mol. The normalized spacial score (nSPS) is 27.3. The predicted molar refractivity (Wildman–Crippen MR) is 79.3 cm³/mol. The second-order valence-electron chi connectivity index (χ2n) is 5.21. The van der Waals surface area contributed by atoms with Crippen molar-refractivity contribution in [2.45, 2.75) is 12.1 Å². The van der Waals surface area contributed by atoms with Crippen LogP contribution in [0.4, 0.5) is 0 Å². The van der Waals surface area contributed by atoms with Crippen molar-refractivity contribution in [3.05, 3.63) is 22.4 Å². The van der Waals surface area contributed by atoms with Gasteiger partial charge in [-0.25, -0.2) is 0 Å². The highest BCUT2D eigenvalue weighted by molar-refractivity contribution is 7.10. The van der Waals surface area contributed by atoms with Gasteiger partial charge in [0.25, 0.3) is 0 Å². The molecule has 0 bridgehead atoms. The molecule has 21 heavy (non-hydrogen) atoms. The van der Waals surface area contributed by atoms with Crippen LogP contribution in [0.15, 0.2) is 17.5 Å². The van der Waals surface area contributed by atoms with Crippen molar-refractivity contribution < 1.29 is 14.3 Å². The second-order valence-corrected chi connectivity index (χ2v) is 6.19. The maximum Gasteiger partial charge on any atom is 0.242 e. The summed E-state index contributed by atoms with van der Waals surface area (Å²) in [6.45, 7) is 3.42. The molecular formula is C14H19N3O3S. The van der Waals surface area contributed by atoms with Crippen LogP contribution in [0.3, 0.4) is 0 Å². The van der Waals surface area contributed by atoms with Crippen LogP contribution >= 0.6 is 11.3 Å². The topological polar surface area (TPSA) is 70.7 Å². The van der Waals surface area contributed by atoms with Gasteiger partial charge in [-0.2, -0.15) is 0 Å². The lowest BCUT2D eigenvalue weighted by Crippen LogP contribution is -2.53. The van der Waals surface area contributed by atoms with E-state index in [1.807, 2.05) is 22.4 Å². The molecule has 6 nitrogen and oxygen atoms in total. The Kier molecular flexibility index (Phi) is 4.64. The van der Waals surface area contributed by atoms with Gasteiger partial charge in [-0.1, -0.05) is 6.07 Å². The van der Waals surface area contributed by atoms with E-state index in [0.29, 0.717) is 26.2 Å². The van der Waals surface area contributed by atoms with Gasteiger partial charge in [0.2, 0.25) is 5.91 Å². The zero-order chi connectivity index (χ0) is 14.7. The molecule has 114 valence electrons. The van der Waals surface area contributed by atoms with Gasteiger partial charge in [-0.3, -0.25) is 14.5 Å². The average molecular weight is 309 g/mol. The van der Waals surface area contributed by atoms with Gasteiger partial charge in [0.15, 0.2) is 5.78 Å². The van der Waals surface area contributed by atoms with Crippen LogP contribution < -0.4 is 10.6 Å². The number of hydrogen-bond acceptors (Lipinski definition) is 6. The molecule has 7 heteroatoms. The number of nitrogens with one attached hydrogen (secondary N) is 2. The van der Waals surface area contributed by atoms with E-state index in [2.05, 4.69) is 10.6 Å². The molecule has 2 saturated heterocycles. The van der Waals surface area contributed by atoms with Gasteiger partial charge in [0, 0.05) is 31.1 Å². The van der Waals surface area contributed by atoms with Crippen molar-refractivity contribution >= 4 is 23.0 Å². The fourth-order valence-corrected chi connectivity index (χ4v) is 3.57. The number of nitrogens with zero attached hydrogens (tertiary/aromatic N) is 1. The Hall–Kier alpha value is -1.28. The molecule has 2 aliphatic rings. The quantitative estimate of drug-likeness (QED) is 0.804. The highest BCUT2D eigenvalue weighted by Crippen LogP contribution is 2.27. The third-order valence-electron chi connectivity index (χ3n) is 3.77. The van der Waals surface area contributed by atoms with Gasteiger partial charge >= 0.3 is 0 Å². The summed E-state index contributed by atoms with van der Waals surface area (Å²) in [7, 11) is 0. The summed E-state index contributed by atoms with van der Waals surface area (Å²) < 4.78 is 5.50. The lowest BCUT2D eigenvalue weighted by molar-refractivity contribution is -0.137. The number of carbonyl (C=O) groups is 2. The summed E-state index contributed by atoms with van der Waals surface area (Å²) in [6.07, 6.45) is -0.396. The van der Waals surface area contributed by atoms with Gasteiger partial charge in [0.1, 0.15) is 12.1 Å². The summed E-state index contributed by atoms with van der Waals surface area (Å²) in [4.78, 5) is 27.4. The molecule has 2 unspecified atom stereocenters. The molecule has 3 rings (SSSR count). The number of carbonyl (C=O) groups excluding carboxylic acids is 2. The Morgan fingerprint density at radius 3 is 3.10 bits per heavy atom. The zero-order valence-electron chi connectivity index (χ0n) is 11.7. The Morgan fingerprint density at radius 1 is 1.48 bits per heavy atom. The van der Waals surface area contributed by atoms with E-state index < -0.39 is 6.10 Å². The van der Waals surface area contributed by atoms with E-state index in [1.54, 1.807) is 11.3 Å². The van der Waals surface area contributed by atoms with Crippen molar-refractivity contribution in [3.8, 4) is 0 Å². The molecule has 1 amide bonds. The maximum atomic E-state index is 12.4. The lowest BCUT2D eigenvalue weighted by Gasteiger charge is -2.35. The molecule has 0 spiro atoms. The van der Waals surface area contributed by atoms with Crippen molar-refractivity contribution in [1.82, 2.24) is 15.5 Å². The molecule has 3 heterocycles. The first-order valence-electron chi connectivity index (χ1n) is 7.16. The molecule has 2 atom stereocenters. The van der Waals surface area contributed by atoms with Crippen LogP contribution in [-0.2, 0) is 14.3 Å². The van der Waals surface area contributed by atoms with Crippen LogP contribution in [0.2, 0.25) is 0 Å². The van der Waals surface area contributed by atoms with Crippen molar-refractivity contribution in [2.24, 2.45) is 0 Å². The average Bonchev–Trinajstić information content (AvgIpc) is 3.02. The van der Waals surface area contributed by atoms with E-state index in [4.69, 9.17) is 4.74 Å². The molecule has 0 radical (unpaired) electrons. The van der Waals surface area contributed by atoms with Crippen LogP contribution in [0, 0.1) is 0 Å². The summed E-state index contributed by atoms with van der Waals surface area (Å²) >= 11 is 1.54. The van der Waals surface area contributed by atoms with Crippen molar-refractivity contribution in [2.75, 3.05) is 39.3 Å². The van der Waals surface area contributed by atoms with Gasteiger partial charge in [-0.15, -0.1) is 11.3 Å². The molecule has 2 fully saturated rings. The number of rotatable bonds is 4. The number of piperazine rings is 1. The molecule has 1 aromatic rings. The third-order valence-corrected chi connectivity index (χ3v) is 4.69. The first-order valence-corrected chi connectivity index (χ1v) is 8.04. The first-order chi connectivity index (χ1) is 10.3. The Morgan fingerprint density at radius 2 is 2.38 bits per heavy atom. The molecule has 0 aliphatic carbocycles. The minimum Gasteiger partial charge on any atom is -0.368 e. The van der Waals surface area contributed by atoms with Crippen LogP contribution in [0.5, 0.6) is 0 Å². The molecule has 2 aliphatic heterocycles. The highest BCUT2D eigenvalue weighted by Gasteiger charge is 2.34. The maximum absolute atomic E-state index is 12.4. The molecule has 1 aromatic heterocycles. The van der Waals surface area contributed by atoms with E-state index in [-0.39, 0.29) is 24.3 Å². The van der Waals surface area contributed by atoms with E-state index in [0.717, 1.165) is 11.4 Å². The number of ketones is 1. The van der Waals surface area contributed by atoms with Gasteiger partial charge in [0.05, 0.1) is 13.2 Å². The second kappa shape index (κ2) is 6.65. The fourth-order valence-electron chi connectivity index (χ4n) is 2.71. The van der Waals surface area contributed by atoms with Crippen LogP contribution in [0.1, 0.15) is 10.9 Å². The smallest absolute Gasteiger partial charge is 0.242 e. The summed E-state index contributed by atoms with van der Waals surface area (Å²) in [5.74, 6) is 0.0117. The lowest BCUT2D eigenvalue weighted by atomic mass is 10.1. The van der Waals surface area contributed by atoms with Crippen molar-refractivity contribution in [1.29, 1.82) is 0 Å². The molecule has 0 saturated carbocycles. The predicted octanol–water partition coefficient (Wildman–Crippen LogP) is -0.221. The van der Waals surface area contributed by atoms with E-state index in [9.17, 15) is 9.59 Å². The largest absolute Gasteiger partial charge is 0.368 e. The Bertz CT molecular complexity index is 500. The molecule has 0 aromatic carbocycles. The third kappa shape index (κ3) is 3.32. The first kappa shape index (κ1) is 14.6. The number of hydrogen-bond donors (Lipinski definition) is 2. The Labute approximate surface area is 127 Å². The fraction of sp³-hybridized carbons (Fsp3) is 0.571. The van der Waals surface area contributed by atoms with Crippen molar-refractivity contribution in [3.63, 3.8) is 0 Å². The monoisotopic (exact) mass is 309 g/mol. The van der Waals surface area contributed by atoms with E-state index >= 15 is 0 Å². The summed E-state index contributed by atoms with van der Waals surface area (Å²) in [5.41, 5.74) is 0. The number of ether oxygens (including phenoxy) is 1. The summed E-state index contributed by atoms with van der Waals surface area (Å²) in [6, 6.07) is 3.51. The van der Waals surface area contributed by atoms with Crippen LogP contribution in [0.25, 0.3) is 0 Å². The number of amides is 1.